The third kappa shape index (κ3) is 1.23. The van der Waals surface area contributed by atoms with Crippen LogP contribution in [0.3, 0.4) is 0 Å². The van der Waals surface area contributed by atoms with Gasteiger partial charge in [0.2, 0.25) is 0 Å². The Balaban J connectivity index is 2.53. The zero-order chi connectivity index (χ0) is 10.3. The van der Waals surface area contributed by atoms with Crippen LogP contribution in [0.25, 0.3) is 0 Å². The number of hydrogen-bond donors (Lipinski definition) is 2. The van der Waals surface area contributed by atoms with Crippen molar-refractivity contribution < 1.29 is 4.79 Å². The Bertz CT molecular complexity index is 398. The van der Waals surface area contributed by atoms with Crippen LogP contribution < -0.4 is 11.1 Å². The van der Waals surface area contributed by atoms with Crippen molar-refractivity contribution in [3.05, 3.63) is 23.5 Å². The highest BCUT2D eigenvalue weighted by atomic mass is 16.1. The molecule has 0 bridgehead atoms. The van der Waals surface area contributed by atoms with Crippen molar-refractivity contribution in [3.8, 4) is 0 Å². The molecular formula is C10H13N3O. The molecule has 2 rings (SSSR count). The monoisotopic (exact) mass is 191 g/mol. The highest BCUT2D eigenvalue weighted by molar-refractivity contribution is 5.91. The Morgan fingerprint density at radius 3 is 2.93 bits per heavy atom. The predicted molar refractivity (Wildman–Crippen MR) is 54.3 cm³/mol. The van der Waals surface area contributed by atoms with Crippen molar-refractivity contribution in [1.82, 2.24) is 4.98 Å². The number of hydrogen-bond acceptors (Lipinski definition) is 3. The van der Waals surface area contributed by atoms with E-state index in [2.05, 4.69) is 24.1 Å². The maximum Gasteiger partial charge on any atom is 0.267 e. The molecule has 1 aliphatic heterocycles. The van der Waals surface area contributed by atoms with E-state index in [0.717, 1.165) is 17.9 Å². The molecule has 1 amide bonds. The molecule has 14 heavy (non-hydrogen) atoms. The molecule has 1 aromatic rings. The van der Waals surface area contributed by atoms with E-state index in [0.29, 0.717) is 5.69 Å². The number of primary amides is 1. The lowest BCUT2D eigenvalue weighted by atomic mass is 9.91. The highest BCUT2D eigenvalue weighted by Crippen LogP contribution is 2.34. The number of fused-ring (bicyclic) bond motifs is 1. The van der Waals surface area contributed by atoms with E-state index >= 15 is 0 Å². The van der Waals surface area contributed by atoms with Gasteiger partial charge in [0.1, 0.15) is 5.69 Å². The standard InChI is InChI=1S/C10H13N3O/c1-10(2)5-12-6-3-4-7(9(11)14)13-8(6)10/h3-4,12H,5H2,1-2H3,(H2,11,14). The zero-order valence-corrected chi connectivity index (χ0v) is 8.29. The average molecular weight is 191 g/mol. The van der Waals surface area contributed by atoms with Gasteiger partial charge in [0.05, 0.1) is 11.4 Å². The van der Waals surface area contributed by atoms with E-state index in [4.69, 9.17) is 5.73 Å². The molecule has 1 aromatic heterocycles. The number of rotatable bonds is 1. The lowest BCUT2D eigenvalue weighted by molar-refractivity contribution is 0.0995. The van der Waals surface area contributed by atoms with Crippen LogP contribution in [0.1, 0.15) is 30.0 Å². The average Bonchev–Trinajstić information content (AvgIpc) is 2.42. The van der Waals surface area contributed by atoms with Crippen molar-refractivity contribution >= 4 is 11.6 Å². The fourth-order valence-corrected chi connectivity index (χ4v) is 1.65. The van der Waals surface area contributed by atoms with E-state index in [1.165, 1.54) is 0 Å². The first kappa shape index (κ1) is 8.99. The fourth-order valence-electron chi connectivity index (χ4n) is 1.65. The maximum absolute atomic E-state index is 11.0. The van der Waals surface area contributed by atoms with Gasteiger partial charge in [-0.15, -0.1) is 0 Å². The lowest BCUT2D eigenvalue weighted by Gasteiger charge is -2.15. The number of nitrogens with one attached hydrogen (secondary N) is 1. The molecule has 0 unspecified atom stereocenters. The second kappa shape index (κ2) is 2.70. The van der Waals surface area contributed by atoms with Crippen LogP contribution in [0.2, 0.25) is 0 Å². The van der Waals surface area contributed by atoms with Gasteiger partial charge in [0.15, 0.2) is 0 Å². The van der Waals surface area contributed by atoms with E-state index in [1.54, 1.807) is 6.07 Å². The summed E-state index contributed by atoms with van der Waals surface area (Å²) in [5, 5.41) is 3.24. The molecule has 3 N–H and O–H groups in total. The Hall–Kier alpha value is -1.58. The summed E-state index contributed by atoms with van der Waals surface area (Å²) in [6, 6.07) is 3.51. The van der Waals surface area contributed by atoms with Crippen molar-refractivity contribution in [2.75, 3.05) is 11.9 Å². The first-order chi connectivity index (χ1) is 6.50. The van der Waals surface area contributed by atoms with Crippen LogP contribution in [0.4, 0.5) is 5.69 Å². The van der Waals surface area contributed by atoms with Crippen LogP contribution in [0.5, 0.6) is 0 Å². The first-order valence-electron chi connectivity index (χ1n) is 4.56. The molecular weight excluding hydrogens is 178 g/mol. The summed E-state index contributed by atoms with van der Waals surface area (Å²) in [5.74, 6) is -0.476. The number of aromatic nitrogens is 1. The minimum Gasteiger partial charge on any atom is -0.383 e. The van der Waals surface area contributed by atoms with Crippen LogP contribution in [-0.4, -0.2) is 17.4 Å². The lowest BCUT2D eigenvalue weighted by Crippen LogP contribution is -2.21. The molecule has 0 spiro atoms. The Morgan fingerprint density at radius 2 is 2.29 bits per heavy atom. The van der Waals surface area contributed by atoms with Gasteiger partial charge in [-0.2, -0.15) is 0 Å². The van der Waals surface area contributed by atoms with Gasteiger partial charge in [-0.05, 0) is 12.1 Å². The molecule has 0 saturated carbocycles. The van der Waals surface area contributed by atoms with E-state index in [-0.39, 0.29) is 5.41 Å². The number of pyridine rings is 1. The maximum atomic E-state index is 11.0. The molecule has 1 aliphatic rings. The summed E-state index contributed by atoms with van der Waals surface area (Å²) in [6.07, 6.45) is 0. The third-order valence-corrected chi connectivity index (χ3v) is 2.51. The number of carbonyl (C=O) groups is 1. The minimum absolute atomic E-state index is 0.0270. The van der Waals surface area contributed by atoms with Gasteiger partial charge in [-0.25, -0.2) is 4.98 Å². The number of amides is 1. The van der Waals surface area contributed by atoms with E-state index in [9.17, 15) is 4.79 Å². The molecule has 0 aliphatic carbocycles. The van der Waals surface area contributed by atoms with Crippen molar-refractivity contribution in [2.45, 2.75) is 19.3 Å². The molecule has 0 saturated heterocycles. The van der Waals surface area contributed by atoms with Gasteiger partial charge in [0, 0.05) is 12.0 Å². The van der Waals surface area contributed by atoms with Gasteiger partial charge in [-0.1, -0.05) is 13.8 Å². The predicted octanol–water partition coefficient (Wildman–Crippen LogP) is 0.884. The van der Waals surface area contributed by atoms with E-state index in [1.807, 2.05) is 6.07 Å². The second-order valence-corrected chi connectivity index (χ2v) is 4.19. The minimum atomic E-state index is -0.476. The normalized spacial score (nSPS) is 17.3. The summed E-state index contributed by atoms with van der Waals surface area (Å²) in [6.45, 7) is 5.02. The topological polar surface area (TPSA) is 68.0 Å². The van der Waals surface area contributed by atoms with Gasteiger partial charge in [0.25, 0.3) is 5.91 Å². The molecule has 0 fully saturated rings. The summed E-state index contributed by atoms with van der Waals surface area (Å²) >= 11 is 0. The summed E-state index contributed by atoms with van der Waals surface area (Å²) in [5.41, 5.74) is 7.41. The van der Waals surface area contributed by atoms with Crippen LogP contribution in [-0.2, 0) is 5.41 Å². The molecule has 0 aromatic carbocycles. The Labute approximate surface area is 82.5 Å². The quantitative estimate of drug-likeness (QED) is 0.692. The first-order valence-corrected chi connectivity index (χ1v) is 4.56. The number of carbonyl (C=O) groups excluding carboxylic acids is 1. The van der Waals surface area contributed by atoms with Crippen molar-refractivity contribution in [3.63, 3.8) is 0 Å². The number of nitrogens with two attached hydrogens (primary N) is 1. The fraction of sp³-hybridized carbons (Fsp3) is 0.400. The molecule has 74 valence electrons. The van der Waals surface area contributed by atoms with Gasteiger partial charge in [-0.3, -0.25) is 4.79 Å². The smallest absolute Gasteiger partial charge is 0.267 e. The van der Waals surface area contributed by atoms with Crippen LogP contribution in [0.15, 0.2) is 12.1 Å². The third-order valence-electron chi connectivity index (χ3n) is 2.51. The zero-order valence-electron chi connectivity index (χ0n) is 8.29. The summed E-state index contributed by atoms with van der Waals surface area (Å²) in [4.78, 5) is 15.2. The molecule has 4 heteroatoms. The Morgan fingerprint density at radius 1 is 1.57 bits per heavy atom. The highest BCUT2D eigenvalue weighted by Gasteiger charge is 2.31. The summed E-state index contributed by atoms with van der Waals surface area (Å²) in [7, 11) is 0. The number of anilines is 1. The summed E-state index contributed by atoms with van der Waals surface area (Å²) < 4.78 is 0. The van der Waals surface area contributed by atoms with Crippen molar-refractivity contribution in [1.29, 1.82) is 0 Å². The second-order valence-electron chi connectivity index (χ2n) is 4.19. The molecule has 4 nitrogen and oxygen atoms in total. The number of nitrogens with zero attached hydrogens (tertiary/aromatic N) is 1. The Kier molecular flexibility index (Phi) is 1.74. The van der Waals surface area contributed by atoms with Gasteiger partial charge < -0.3 is 11.1 Å². The molecule has 0 radical (unpaired) electrons. The molecule has 2 heterocycles. The van der Waals surface area contributed by atoms with E-state index < -0.39 is 5.91 Å². The largest absolute Gasteiger partial charge is 0.383 e. The van der Waals surface area contributed by atoms with Crippen LogP contribution >= 0.6 is 0 Å². The molecule has 0 atom stereocenters. The van der Waals surface area contributed by atoms with Gasteiger partial charge >= 0.3 is 0 Å². The SMILES string of the molecule is CC1(C)CNc2ccc(C(N)=O)nc21. The van der Waals surface area contributed by atoms with Crippen LogP contribution in [0, 0.1) is 0 Å². The van der Waals surface area contributed by atoms with Crippen molar-refractivity contribution in [2.24, 2.45) is 5.73 Å².